The van der Waals surface area contributed by atoms with Gasteiger partial charge in [0.1, 0.15) is 0 Å². The average molecular weight is 408 g/mol. The Morgan fingerprint density at radius 1 is 1.19 bits per heavy atom. The van der Waals surface area contributed by atoms with Crippen LogP contribution in [-0.2, 0) is 4.79 Å². The first kappa shape index (κ1) is 18.6. The number of carbonyl (C=O) groups is 1. The SMILES string of the molecule is C[C@H](Sc1nnc(-c2ccccc2Cl)n1N)C(=O)Nc1cccc(Cl)c1. The molecular weight excluding hydrogens is 393 g/mol. The molecule has 2 aromatic carbocycles. The Balaban J connectivity index is 1.73. The van der Waals surface area contributed by atoms with Gasteiger partial charge in [0.05, 0.1) is 10.3 Å². The summed E-state index contributed by atoms with van der Waals surface area (Å²) in [4.78, 5) is 12.4. The zero-order valence-electron chi connectivity index (χ0n) is 13.7. The van der Waals surface area contributed by atoms with Gasteiger partial charge < -0.3 is 11.2 Å². The van der Waals surface area contributed by atoms with Crippen molar-refractivity contribution >= 4 is 46.6 Å². The van der Waals surface area contributed by atoms with E-state index in [9.17, 15) is 4.79 Å². The van der Waals surface area contributed by atoms with E-state index in [-0.39, 0.29) is 5.91 Å². The second kappa shape index (κ2) is 7.99. The van der Waals surface area contributed by atoms with Crippen LogP contribution in [0.15, 0.2) is 53.7 Å². The van der Waals surface area contributed by atoms with Crippen LogP contribution in [0.5, 0.6) is 0 Å². The average Bonchev–Trinajstić information content (AvgIpc) is 2.96. The fourth-order valence-corrected chi connectivity index (χ4v) is 3.39. The van der Waals surface area contributed by atoms with Crippen molar-refractivity contribution in [3.8, 4) is 11.4 Å². The molecule has 0 saturated carbocycles. The van der Waals surface area contributed by atoms with Gasteiger partial charge in [-0.2, -0.15) is 0 Å². The lowest BCUT2D eigenvalue weighted by Crippen LogP contribution is -2.23. The van der Waals surface area contributed by atoms with Crippen molar-refractivity contribution in [2.75, 3.05) is 11.2 Å². The molecule has 134 valence electrons. The number of nitrogens with two attached hydrogens (primary N) is 1. The van der Waals surface area contributed by atoms with Gasteiger partial charge in [-0.25, -0.2) is 4.68 Å². The molecule has 26 heavy (non-hydrogen) atoms. The predicted molar refractivity (Wildman–Crippen MR) is 106 cm³/mol. The molecule has 0 bridgehead atoms. The van der Waals surface area contributed by atoms with Crippen LogP contribution in [0.25, 0.3) is 11.4 Å². The Morgan fingerprint density at radius 3 is 2.69 bits per heavy atom. The molecule has 0 aliphatic rings. The number of hydrogen-bond donors (Lipinski definition) is 2. The van der Waals surface area contributed by atoms with Crippen molar-refractivity contribution in [3.05, 3.63) is 58.6 Å². The lowest BCUT2D eigenvalue weighted by molar-refractivity contribution is -0.115. The molecule has 9 heteroatoms. The minimum absolute atomic E-state index is 0.195. The summed E-state index contributed by atoms with van der Waals surface area (Å²) in [7, 11) is 0. The summed E-state index contributed by atoms with van der Waals surface area (Å²) in [5.41, 5.74) is 1.30. The number of thioether (sulfide) groups is 1. The summed E-state index contributed by atoms with van der Waals surface area (Å²) in [6.45, 7) is 1.76. The number of amides is 1. The zero-order chi connectivity index (χ0) is 18.7. The van der Waals surface area contributed by atoms with Crippen LogP contribution in [0.1, 0.15) is 6.92 Å². The maximum absolute atomic E-state index is 12.4. The van der Waals surface area contributed by atoms with E-state index in [1.165, 1.54) is 16.4 Å². The third kappa shape index (κ3) is 4.12. The monoisotopic (exact) mass is 407 g/mol. The fraction of sp³-hybridized carbons (Fsp3) is 0.118. The van der Waals surface area contributed by atoms with Gasteiger partial charge in [-0.05, 0) is 37.3 Å². The number of rotatable bonds is 5. The summed E-state index contributed by atoms with van der Waals surface area (Å²) >= 11 is 13.3. The van der Waals surface area contributed by atoms with Crippen LogP contribution in [0.3, 0.4) is 0 Å². The molecule has 1 atom stereocenters. The first-order valence-electron chi connectivity index (χ1n) is 7.64. The molecule has 1 amide bonds. The van der Waals surface area contributed by atoms with Crippen LogP contribution in [0.4, 0.5) is 5.69 Å². The number of halogens is 2. The van der Waals surface area contributed by atoms with E-state index in [0.29, 0.717) is 32.3 Å². The first-order valence-corrected chi connectivity index (χ1v) is 9.27. The molecule has 0 fully saturated rings. The van der Waals surface area contributed by atoms with Gasteiger partial charge in [-0.3, -0.25) is 4.79 Å². The number of aromatic nitrogens is 3. The zero-order valence-corrected chi connectivity index (χ0v) is 16.0. The summed E-state index contributed by atoms with van der Waals surface area (Å²) in [6, 6.07) is 14.2. The molecule has 0 saturated heterocycles. The smallest absolute Gasteiger partial charge is 0.237 e. The van der Waals surface area contributed by atoms with Gasteiger partial charge in [-0.15, -0.1) is 10.2 Å². The van der Waals surface area contributed by atoms with Gasteiger partial charge >= 0.3 is 0 Å². The highest BCUT2D eigenvalue weighted by molar-refractivity contribution is 8.00. The number of nitrogens with zero attached hydrogens (tertiary/aromatic N) is 3. The molecule has 6 nitrogen and oxygen atoms in total. The van der Waals surface area contributed by atoms with Crippen molar-refractivity contribution in [3.63, 3.8) is 0 Å². The van der Waals surface area contributed by atoms with E-state index in [4.69, 9.17) is 29.0 Å². The van der Waals surface area contributed by atoms with Gasteiger partial charge in [0, 0.05) is 16.3 Å². The molecule has 3 aromatic rings. The van der Waals surface area contributed by atoms with Crippen molar-refractivity contribution in [1.29, 1.82) is 0 Å². The minimum atomic E-state index is -0.445. The highest BCUT2D eigenvalue weighted by atomic mass is 35.5. The molecule has 3 N–H and O–H groups in total. The van der Waals surface area contributed by atoms with E-state index < -0.39 is 5.25 Å². The maximum Gasteiger partial charge on any atom is 0.237 e. The number of hydrogen-bond acceptors (Lipinski definition) is 5. The molecule has 0 unspecified atom stereocenters. The number of nitrogen functional groups attached to an aromatic ring is 1. The van der Waals surface area contributed by atoms with Crippen LogP contribution >= 0.6 is 35.0 Å². The van der Waals surface area contributed by atoms with E-state index in [1.54, 1.807) is 43.3 Å². The third-order valence-electron chi connectivity index (χ3n) is 3.52. The Morgan fingerprint density at radius 2 is 1.96 bits per heavy atom. The standard InChI is InChI=1S/C17H15Cl2N5OS/c1-10(16(25)21-12-6-4-5-11(18)9-12)26-17-23-22-15(24(17)20)13-7-2-3-8-14(13)19/h2-10H,20H2,1H3,(H,21,25)/t10-/m0/s1. The minimum Gasteiger partial charge on any atom is -0.335 e. The molecule has 0 radical (unpaired) electrons. The number of benzene rings is 2. The van der Waals surface area contributed by atoms with E-state index in [0.717, 1.165) is 0 Å². The summed E-state index contributed by atoms with van der Waals surface area (Å²) in [5.74, 6) is 6.32. The number of carbonyl (C=O) groups excluding carboxylic acids is 1. The van der Waals surface area contributed by atoms with Gasteiger partial charge in [0.25, 0.3) is 0 Å². The topological polar surface area (TPSA) is 85.8 Å². The highest BCUT2D eigenvalue weighted by Crippen LogP contribution is 2.29. The normalized spacial score (nSPS) is 12.0. The van der Waals surface area contributed by atoms with Gasteiger partial charge in [0.2, 0.25) is 11.1 Å². The van der Waals surface area contributed by atoms with Crippen LogP contribution in [0, 0.1) is 0 Å². The van der Waals surface area contributed by atoms with E-state index >= 15 is 0 Å². The second-order valence-electron chi connectivity index (χ2n) is 5.42. The van der Waals surface area contributed by atoms with Gasteiger partial charge in [0.15, 0.2) is 5.82 Å². The van der Waals surface area contributed by atoms with E-state index in [1.807, 2.05) is 12.1 Å². The maximum atomic E-state index is 12.4. The predicted octanol–water partition coefficient (Wildman–Crippen LogP) is 4.09. The van der Waals surface area contributed by atoms with Crippen molar-refractivity contribution in [2.24, 2.45) is 0 Å². The molecule has 1 aromatic heterocycles. The fourth-order valence-electron chi connectivity index (χ4n) is 2.21. The van der Waals surface area contributed by atoms with Gasteiger partial charge in [-0.1, -0.05) is 53.2 Å². The largest absolute Gasteiger partial charge is 0.335 e. The van der Waals surface area contributed by atoms with Crippen molar-refractivity contribution < 1.29 is 4.79 Å². The Kier molecular flexibility index (Phi) is 5.70. The van der Waals surface area contributed by atoms with Crippen molar-refractivity contribution in [2.45, 2.75) is 17.3 Å². The summed E-state index contributed by atoms with van der Waals surface area (Å²) in [6.07, 6.45) is 0. The second-order valence-corrected chi connectivity index (χ2v) is 7.57. The molecule has 1 heterocycles. The lowest BCUT2D eigenvalue weighted by Gasteiger charge is -2.12. The lowest BCUT2D eigenvalue weighted by atomic mass is 10.2. The molecule has 0 aliphatic carbocycles. The Bertz CT molecular complexity index is 946. The summed E-state index contributed by atoms with van der Waals surface area (Å²) in [5, 5.41) is 12.0. The third-order valence-corrected chi connectivity index (χ3v) is 5.14. The number of nitrogens with one attached hydrogen (secondary N) is 1. The highest BCUT2D eigenvalue weighted by Gasteiger charge is 2.20. The Labute approximate surface area is 164 Å². The molecular formula is C17H15Cl2N5OS. The Hall–Kier alpha value is -2.22. The quantitative estimate of drug-likeness (QED) is 0.491. The molecule has 0 spiro atoms. The van der Waals surface area contributed by atoms with E-state index in [2.05, 4.69) is 15.5 Å². The first-order chi connectivity index (χ1) is 12.5. The molecule has 0 aliphatic heterocycles. The van der Waals surface area contributed by atoms with Crippen molar-refractivity contribution in [1.82, 2.24) is 14.9 Å². The van der Waals surface area contributed by atoms with Crippen LogP contribution < -0.4 is 11.2 Å². The van der Waals surface area contributed by atoms with Crippen LogP contribution in [0.2, 0.25) is 10.0 Å². The summed E-state index contributed by atoms with van der Waals surface area (Å²) < 4.78 is 1.33. The molecule has 3 rings (SSSR count). The van der Waals surface area contributed by atoms with Crippen LogP contribution in [-0.4, -0.2) is 26.0 Å². The number of anilines is 1.